The Kier molecular flexibility index (Phi) is 2.02. The first-order chi connectivity index (χ1) is 5.41. The van der Waals surface area contributed by atoms with Gasteiger partial charge in [0.2, 0.25) is 0 Å². The van der Waals surface area contributed by atoms with Crippen LogP contribution in [0.1, 0.15) is 51.4 Å². The van der Waals surface area contributed by atoms with E-state index in [2.05, 4.69) is 12.2 Å². The van der Waals surface area contributed by atoms with E-state index in [9.17, 15) is 0 Å². The highest BCUT2D eigenvalue weighted by Gasteiger charge is 2.32. The summed E-state index contributed by atoms with van der Waals surface area (Å²) in [6.07, 6.45) is 16.5. The lowest BCUT2D eigenvalue weighted by Gasteiger charge is -2.26. The SMILES string of the molecule is C1=CCCC2(CC1)CCCC2. The fourth-order valence-corrected chi connectivity index (χ4v) is 2.76. The largest absolute Gasteiger partial charge is 0.0885 e. The van der Waals surface area contributed by atoms with E-state index >= 15 is 0 Å². The Morgan fingerprint density at radius 3 is 1.82 bits per heavy atom. The van der Waals surface area contributed by atoms with Crippen LogP contribution < -0.4 is 0 Å². The van der Waals surface area contributed by atoms with Crippen molar-refractivity contribution in [2.24, 2.45) is 5.41 Å². The minimum atomic E-state index is 0.795. The fourth-order valence-electron chi connectivity index (χ4n) is 2.76. The summed E-state index contributed by atoms with van der Waals surface area (Å²) < 4.78 is 0. The highest BCUT2D eigenvalue weighted by molar-refractivity contribution is 4.95. The third kappa shape index (κ3) is 1.50. The maximum atomic E-state index is 2.38. The second kappa shape index (κ2) is 3.00. The maximum absolute atomic E-state index is 2.38. The van der Waals surface area contributed by atoms with Crippen LogP contribution in [0.5, 0.6) is 0 Å². The molecule has 62 valence electrons. The molecule has 11 heavy (non-hydrogen) atoms. The molecule has 0 aromatic rings. The lowest BCUT2D eigenvalue weighted by Crippen LogP contribution is -2.14. The molecule has 0 bridgehead atoms. The third-order valence-electron chi connectivity index (χ3n) is 3.51. The lowest BCUT2D eigenvalue weighted by atomic mass is 9.79. The first-order valence-electron chi connectivity index (χ1n) is 5.06. The molecule has 0 heteroatoms. The third-order valence-corrected chi connectivity index (χ3v) is 3.51. The van der Waals surface area contributed by atoms with Crippen molar-refractivity contribution in [1.29, 1.82) is 0 Å². The van der Waals surface area contributed by atoms with Gasteiger partial charge >= 0.3 is 0 Å². The van der Waals surface area contributed by atoms with Crippen molar-refractivity contribution in [3.63, 3.8) is 0 Å². The standard InChI is InChI=1S/C11H18/c1-2-4-8-11(7-3-1)9-5-6-10-11/h1-2H,3-10H2. The summed E-state index contributed by atoms with van der Waals surface area (Å²) in [5.74, 6) is 0. The predicted molar refractivity (Wildman–Crippen MR) is 48.5 cm³/mol. The van der Waals surface area contributed by atoms with Crippen molar-refractivity contribution < 1.29 is 0 Å². The average Bonchev–Trinajstić information content (AvgIpc) is 2.32. The minimum Gasteiger partial charge on any atom is -0.0885 e. The molecular formula is C11H18. The Morgan fingerprint density at radius 2 is 1.27 bits per heavy atom. The van der Waals surface area contributed by atoms with Crippen LogP contribution in [0.3, 0.4) is 0 Å². The topological polar surface area (TPSA) is 0 Å². The molecular weight excluding hydrogens is 132 g/mol. The molecule has 0 aromatic carbocycles. The molecule has 2 aliphatic rings. The predicted octanol–water partition coefficient (Wildman–Crippen LogP) is 3.68. The van der Waals surface area contributed by atoms with E-state index in [1.54, 1.807) is 0 Å². The first kappa shape index (κ1) is 7.39. The van der Waals surface area contributed by atoms with Crippen LogP contribution in [0.15, 0.2) is 12.2 Å². The molecule has 0 saturated heterocycles. The quantitative estimate of drug-likeness (QED) is 0.462. The highest BCUT2D eigenvalue weighted by Crippen LogP contribution is 2.46. The summed E-state index contributed by atoms with van der Waals surface area (Å²) in [5, 5.41) is 0. The number of allylic oxidation sites excluding steroid dienone is 2. The normalized spacial score (nSPS) is 29.1. The Balaban J connectivity index is 2.01. The van der Waals surface area contributed by atoms with Gasteiger partial charge in [0, 0.05) is 0 Å². The molecule has 0 atom stereocenters. The number of hydrogen-bond donors (Lipinski definition) is 0. The van der Waals surface area contributed by atoms with Gasteiger partial charge in [-0.25, -0.2) is 0 Å². The molecule has 0 nitrogen and oxygen atoms in total. The molecule has 0 aromatic heterocycles. The van der Waals surface area contributed by atoms with Gasteiger partial charge in [-0.05, 0) is 43.9 Å². The Morgan fingerprint density at radius 1 is 0.727 bits per heavy atom. The Hall–Kier alpha value is -0.260. The summed E-state index contributed by atoms with van der Waals surface area (Å²) in [6.45, 7) is 0. The van der Waals surface area contributed by atoms with Crippen LogP contribution >= 0.6 is 0 Å². The summed E-state index contributed by atoms with van der Waals surface area (Å²) in [4.78, 5) is 0. The average molecular weight is 150 g/mol. The highest BCUT2D eigenvalue weighted by atomic mass is 14.4. The fraction of sp³-hybridized carbons (Fsp3) is 0.818. The Bertz CT molecular complexity index is 137. The van der Waals surface area contributed by atoms with Crippen LogP contribution in [-0.2, 0) is 0 Å². The zero-order valence-electron chi connectivity index (χ0n) is 7.31. The van der Waals surface area contributed by atoms with E-state index < -0.39 is 0 Å². The molecule has 0 unspecified atom stereocenters. The van der Waals surface area contributed by atoms with Crippen LogP contribution in [0, 0.1) is 5.41 Å². The molecule has 2 aliphatic carbocycles. The summed E-state index contributed by atoms with van der Waals surface area (Å²) in [7, 11) is 0. The van der Waals surface area contributed by atoms with E-state index in [0.717, 1.165) is 5.41 Å². The van der Waals surface area contributed by atoms with Gasteiger partial charge in [0.1, 0.15) is 0 Å². The van der Waals surface area contributed by atoms with Crippen molar-refractivity contribution in [3.05, 3.63) is 12.2 Å². The number of rotatable bonds is 0. The zero-order chi connectivity index (χ0) is 7.57. The van der Waals surface area contributed by atoms with Crippen molar-refractivity contribution in [1.82, 2.24) is 0 Å². The molecule has 1 fully saturated rings. The maximum Gasteiger partial charge on any atom is -0.0292 e. The molecule has 1 saturated carbocycles. The van der Waals surface area contributed by atoms with Crippen molar-refractivity contribution in [2.45, 2.75) is 51.4 Å². The molecule has 0 aliphatic heterocycles. The van der Waals surface area contributed by atoms with Gasteiger partial charge in [-0.3, -0.25) is 0 Å². The lowest BCUT2D eigenvalue weighted by molar-refractivity contribution is 0.257. The second-order valence-electron chi connectivity index (χ2n) is 4.26. The zero-order valence-corrected chi connectivity index (χ0v) is 7.31. The van der Waals surface area contributed by atoms with Crippen LogP contribution in [-0.4, -0.2) is 0 Å². The second-order valence-corrected chi connectivity index (χ2v) is 4.26. The number of hydrogen-bond acceptors (Lipinski definition) is 0. The van der Waals surface area contributed by atoms with Crippen LogP contribution in [0.2, 0.25) is 0 Å². The van der Waals surface area contributed by atoms with Crippen LogP contribution in [0.4, 0.5) is 0 Å². The van der Waals surface area contributed by atoms with Crippen LogP contribution in [0.25, 0.3) is 0 Å². The molecule has 0 heterocycles. The van der Waals surface area contributed by atoms with Gasteiger partial charge in [0.25, 0.3) is 0 Å². The first-order valence-corrected chi connectivity index (χ1v) is 5.06. The van der Waals surface area contributed by atoms with Crippen molar-refractivity contribution in [2.75, 3.05) is 0 Å². The molecule has 2 rings (SSSR count). The monoisotopic (exact) mass is 150 g/mol. The minimum absolute atomic E-state index is 0.795. The van der Waals surface area contributed by atoms with Crippen molar-refractivity contribution >= 4 is 0 Å². The summed E-state index contributed by atoms with van der Waals surface area (Å²) in [6, 6.07) is 0. The van der Waals surface area contributed by atoms with E-state index in [0.29, 0.717) is 0 Å². The Labute approximate surface area is 69.7 Å². The molecule has 1 spiro atoms. The van der Waals surface area contributed by atoms with E-state index in [4.69, 9.17) is 0 Å². The molecule has 0 amide bonds. The van der Waals surface area contributed by atoms with Gasteiger partial charge in [-0.15, -0.1) is 0 Å². The molecule has 0 N–H and O–H groups in total. The van der Waals surface area contributed by atoms with E-state index in [-0.39, 0.29) is 0 Å². The van der Waals surface area contributed by atoms with E-state index in [1.165, 1.54) is 51.4 Å². The van der Waals surface area contributed by atoms with Crippen molar-refractivity contribution in [3.8, 4) is 0 Å². The van der Waals surface area contributed by atoms with Gasteiger partial charge in [0.15, 0.2) is 0 Å². The van der Waals surface area contributed by atoms with Gasteiger partial charge in [-0.2, -0.15) is 0 Å². The van der Waals surface area contributed by atoms with Gasteiger partial charge in [-0.1, -0.05) is 25.0 Å². The van der Waals surface area contributed by atoms with Gasteiger partial charge < -0.3 is 0 Å². The summed E-state index contributed by atoms with van der Waals surface area (Å²) >= 11 is 0. The van der Waals surface area contributed by atoms with Gasteiger partial charge in [0.05, 0.1) is 0 Å². The smallest absolute Gasteiger partial charge is 0.0292 e. The molecule has 0 radical (unpaired) electrons. The van der Waals surface area contributed by atoms with E-state index in [1.807, 2.05) is 0 Å². The summed E-state index contributed by atoms with van der Waals surface area (Å²) in [5.41, 5.74) is 0.795.